The third-order valence-corrected chi connectivity index (χ3v) is 3.95. The summed E-state index contributed by atoms with van der Waals surface area (Å²) >= 11 is 0. The van der Waals surface area contributed by atoms with Crippen LogP contribution in [-0.4, -0.2) is 29.3 Å². The van der Waals surface area contributed by atoms with Gasteiger partial charge in [0.25, 0.3) is 0 Å². The molecule has 0 amide bonds. The molecule has 0 heterocycles. The highest BCUT2D eigenvalue weighted by Gasteiger charge is 2.17. The van der Waals surface area contributed by atoms with E-state index in [1.165, 1.54) is 7.11 Å². The molecule has 0 aliphatic rings. The lowest BCUT2D eigenvalue weighted by Gasteiger charge is -2.28. The van der Waals surface area contributed by atoms with Crippen LogP contribution in [0.15, 0.2) is 60.7 Å². The lowest BCUT2D eigenvalue weighted by atomic mass is 10.1. The molecule has 0 bridgehead atoms. The normalized spacial score (nSPS) is 12.1. The summed E-state index contributed by atoms with van der Waals surface area (Å²) in [6.07, 6.45) is 0.871. The van der Waals surface area contributed by atoms with E-state index < -0.39 is 6.23 Å². The van der Waals surface area contributed by atoms with Crippen LogP contribution in [0.3, 0.4) is 0 Å². The number of carbonyl (C=O) groups is 1. The minimum atomic E-state index is -0.602. The second-order valence-electron chi connectivity index (χ2n) is 5.83. The van der Waals surface area contributed by atoms with Gasteiger partial charge in [0, 0.05) is 19.5 Å². The topological polar surface area (TPSA) is 49.8 Å². The Hall–Kier alpha value is -2.17. The molecule has 4 nitrogen and oxygen atoms in total. The quantitative estimate of drug-likeness (QED) is 0.567. The third kappa shape index (κ3) is 6.14. The third-order valence-electron chi connectivity index (χ3n) is 3.95. The smallest absolute Gasteiger partial charge is 0.305 e. The van der Waals surface area contributed by atoms with E-state index in [-0.39, 0.29) is 5.97 Å². The van der Waals surface area contributed by atoms with Gasteiger partial charge in [0.15, 0.2) is 0 Å². The number of rotatable bonds is 9. The number of hydrogen-bond donors (Lipinski definition) is 1. The van der Waals surface area contributed by atoms with Crippen LogP contribution in [0.2, 0.25) is 0 Å². The summed E-state index contributed by atoms with van der Waals surface area (Å²) in [5.74, 6) is -0.236. The second-order valence-corrected chi connectivity index (χ2v) is 5.83. The first-order valence-corrected chi connectivity index (χ1v) is 8.26. The zero-order valence-electron chi connectivity index (χ0n) is 14.1. The number of carbonyl (C=O) groups excluding carboxylic acids is 1. The van der Waals surface area contributed by atoms with Crippen LogP contribution in [0.5, 0.6) is 0 Å². The lowest BCUT2D eigenvalue weighted by Crippen LogP contribution is -2.34. The van der Waals surface area contributed by atoms with Gasteiger partial charge in [0.2, 0.25) is 0 Å². The van der Waals surface area contributed by atoms with E-state index in [4.69, 9.17) is 0 Å². The molecule has 1 N–H and O–H groups in total. The summed E-state index contributed by atoms with van der Waals surface area (Å²) in [6, 6.07) is 20.2. The highest BCUT2D eigenvalue weighted by Crippen LogP contribution is 2.16. The number of aliphatic hydroxyl groups is 1. The molecule has 2 rings (SSSR count). The summed E-state index contributed by atoms with van der Waals surface area (Å²) in [6.45, 7) is 1.32. The maximum Gasteiger partial charge on any atom is 0.305 e. The van der Waals surface area contributed by atoms with Crippen molar-refractivity contribution in [2.24, 2.45) is 0 Å². The molecule has 0 aliphatic heterocycles. The van der Waals surface area contributed by atoms with Crippen molar-refractivity contribution in [3.63, 3.8) is 0 Å². The van der Waals surface area contributed by atoms with Gasteiger partial charge >= 0.3 is 5.97 Å². The highest BCUT2D eigenvalue weighted by molar-refractivity contribution is 5.68. The minimum Gasteiger partial charge on any atom is -0.469 e. The Morgan fingerprint density at radius 3 is 1.96 bits per heavy atom. The second kappa shape index (κ2) is 9.85. The first-order chi connectivity index (χ1) is 11.7. The molecule has 24 heavy (non-hydrogen) atoms. The summed E-state index contributed by atoms with van der Waals surface area (Å²) in [7, 11) is 1.38. The largest absolute Gasteiger partial charge is 0.469 e. The van der Waals surface area contributed by atoms with Gasteiger partial charge in [0.05, 0.1) is 7.11 Å². The van der Waals surface area contributed by atoms with Crippen LogP contribution in [0, 0.1) is 0 Å². The monoisotopic (exact) mass is 327 g/mol. The Kier molecular flexibility index (Phi) is 7.46. The maximum absolute atomic E-state index is 11.2. The predicted molar refractivity (Wildman–Crippen MR) is 94.0 cm³/mol. The van der Waals surface area contributed by atoms with Crippen LogP contribution >= 0.6 is 0 Å². The van der Waals surface area contributed by atoms with Crippen LogP contribution in [0.25, 0.3) is 0 Å². The number of methoxy groups -OCH3 is 1. The first-order valence-electron chi connectivity index (χ1n) is 8.26. The summed E-state index contributed by atoms with van der Waals surface area (Å²) in [5, 5.41) is 10.6. The maximum atomic E-state index is 11.2. The molecule has 0 spiro atoms. The summed E-state index contributed by atoms with van der Waals surface area (Å²) in [5.41, 5.74) is 2.31. The van der Waals surface area contributed by atoms with Crippen molar-refractivity contribution >= 4 is 5.97 Å². The molecule has 0 fully saturated rings. The number of aliphatic hydroxyl groups excluding tert-OH is 1. The molecule has 0 radical (unpaired) electrons. The molecule has 0 aromatic heterocycles. The van der Waals surface area contributed by atoms with Gasteiger partial charge < -0.3 is 9.84 Å². The van der Waals surface area contributed by atoms with Crippen molar-refractivity contribution in [2.45, 2.75) is 38.6 Å². The molecule has 2 aromatic carbocycles. The van der Waals surface area contributed by atoms with Gasteiger partial charge in [0.1, 0.15) is 6.23 Å². The van der Waals surface area contributed by atoms with Gasteiger partial charge in [-0.1, -0.05) is 60.7 Å². The van der Waals surface area contributed by atoms with Gasteiger partial charge in [-0.3, -0.25) is 9.69 Å². The van der Waals surface area contributed by atoms with Gasteiger partial charge in [-0.2, -0.15) is 0 Å². The molecule has 4 heteroatoms. The first kappa shape index (κ1) is 18.2. The fourth-order valence-corrected chi connectivity index (χ4v) is 2.62. The Morgan fingerprint density at radius 1 is 1.00 bits per heavy atom. The number of nitrogens with zero attached hydrogens (tertiary/aromatic N) is 1. The molecule has 0 saturated carbocycles. The SMILES string of the molecule is COC(=O)CCC[C@@H](O)N(Cc1ccccc1)Cc1ccccc1. The zero-order valence-corrected chi connectivity index (χ0v) is 14.1. The Morgan fingerprint density at radius 2 is 1.50 bits per heavy atom. The minimum absolute atomic E-state index is 0.236. The Labute approximate surface area is 143 Å². The van der Waals surface area contributed by atoms with E-state index in [2.05, 4.69) is 29.0 Å². The van der Waals surface area contributed by atoms with Crippen LogP contribution in [-0.2, 0) is 22.6 Å². The molecule has 0 unspecified atom stereocenters. The predicted octanol–water partition coefficient (Wildman–Crippen LogP) is 3.35. The van der Waals surface area contributed by atoms with Crippen molar-refractivity contribution in [1.82, 2.24) is 4.90 Å². The van der Waals surface area contributed by atoms with Crippen molar-refractivity contribution in [2.75, 3.05) is 7.11 Å². The fraction of sp³-hybridized carbons (Fsp3) is 0.350. The number of hydrogen-bond acceptors (Lipinski definition) is 4. The van der Waals surface area contributed by atoms with E-state index in [1.807, 2.05) is 41.3 Å². The Bertz CT molecular complexity index is 559. The molecular formula is C20H25NO3. The molecule has 0 saturated heterocycles. The molecule has 0 aliphatic carbocycles. The summed E-state index contributed by atoms with van der Waals surface area (Å²) in [4.78, 5) is 13.3. The molecule has 128 valence electrons. The van der Waals surface area contributed by atoms with E-state index in [0.29, 0.717) is 32.4 Å². The van der Waals surface area contributed by atoms with Crippen molar-refractivity contribution in [3.8, 4) is 0 Å². The summed E-state index contributed by atoms with van der Waals surface area (Å²) < 4.78 is 4.65. The van der Waals surface area contributed by atoms with E-state index in [9.17, 15) is 9.90 Å². The van der Waals surface area contributed by atoms with E-state index >= 15 is 0 Å². The molecule has 2 aromatic rings. The highest BCUT2D eigenvalue weighted by atomic mass is 16.5. The van der Waals surface area contributed by atoms with Gasteiger partial charge in [-0.15, -0.1) is 0 Å². The van der Waals surface area contributed by atoms with E-state index in [0.717, 1.165) is 11.1 Å². The van der Waals surface area contributed by atoms with Crippen LogP contribution in [0.1, 0.15) is 30.4 Å². The number of benzene rings is 2. The van der Waals surface area contributed by atoms with Crippen LogP contribution < -0.4 is 0 Å². The number of esters is 1. The Balaban J connectivity index is 1.99. The van der Waals surface area contributed by atoms with Gasteiger partial charge in [-0.25, -0.2) is 0 Å². The lowest BCUT2D eigenvalue weighted by molar-refractivity contribution is -0.141. The fourth-order valence-electron chi connectivity index (χ4n) is 2.62. The van der Waals surface area contributed by atoms with Gasteiger partial charge in [-0.05, 0) is 24.0 Å². The molecule has 1 atom stereocenters. The van der Waals surface area contributed by atoms with E-state index in [1.54, 1.807) is 0 Å². The average molecular weight is 327 g/mol. The average Bonchev–Trinajstić information content (AvgIpc) is 2.62. The van der Waals surface area contributed by atoms with Crippen LogP contribution in [0.4, 0.5) is 0 Å². The van der Waals surface area contributed by atoms with Crippen molar-refractivity contribution < 1.29 is 14.6 Å². The number of ether oxygens (including phenoxy) is 1. The standard InChI is InChI=1S/C20H25NO3/c1-24-20(23)14-8-13-19(22)21(15-17-9-4-2-5-10-17)16-18-11-6-3-7-12-18/h2-7,9-12,19,22H,8,13-16H2,1H3/t19-/m1/s1. The van der Waals surface area contributed by atoms with Crippen molar-refractivity contribution in [1.29, 1.82) is 0 Å². The van der Waals surface area contributed by atoms with Crippen molar-refractivity contribution in [3.05, 3.63) is 71.8 Å². The zero-order chi connectivity index (χ0) is 17.2. The molecular weight excluding hydrogens is 302 g/mol.